The highest BCUT2D eigenvalue weighted by Gasteiger charge is 2.28. The zero-order chi connectivity index (χ0) is 20.1. The molecule has 1 unspecified atom stereocenters. The molecule has 1 aromatic heterocycles. The van der Waals surface area contributed by atoms with Crippen molar-refractivity contribution in [2.24, 2.45) is 0 Å². The number of nitriles is 1. The maximum Gasteiger partial charge on any atom is 0.271 e. The lowest BCUT2D eigenvalue weighted by molar-refractivity contribution is 0.0812. The summed E-state index contributed by atoms with van der Waals surface area (Å²) in [4.78, 5) is 25.3. The third kappa shape index (κ3) is 4.13. The first-order chi connectivity index (χ1) is 12.8. The van der Waals surface area contributed by atoms with E-state index in [9.17, 15) is 20.0 Å². The van der Waals surface area contributed by atoms with Crippen LogP contribution in [0.3, 0.4) is 0 Å². The molecule has 27 heavy (non-hydrogen) atoms. The summed E-state index contributed by atoms with van der Waals surface area (Å²) in [6.07, 6.45) is -1.01. The smallest absolute Gasteiger partial charge is 0.271 e. The van der Waals surface area contributed by atoms with Gasteiger partial charge in [0.05, 0.1) is 23.7 Å². The van der Waals surface area contributed by atoms with Gasteiger partial charge in [-0.05, 0) is 31.5 Å². The number of pyridine rings is 1. The van der Waals surface area contributed by atoms with E-state index >= 15 is 0 Å². The number of rotatable bonds is 7. The second kappa shape index (κ2) is 8.71. The Balaban J connectivity index is 2.50. The number of aromatic nitrogens is 1. The van der Waals surface area contributed by atoms with Crippen molar-refractivity contribution >= 4 is 17.4 Å². The largest absolute Gasteiger partial charge is 0.494 e. The molecule has 0 bridgehead atoms. The standard InChI is InChI=1S/C19H19ClN2O5/c1-11-13(10-21)18(24)22(8-9-26-3)19(25)16(11)17(23)12(2)27-15-7-5-4-6-14(15)20/h4-7,12,25H,8-9H2,1-3H3. The van der Waals surface area contributed by atoms with Gasteiger partial charge in [0.15, 0.2) is 6.10 Å². The Labute approximate surface area is 161 Å². The van der Waals surface area contributed by atoms with Gasteiger partial charge in [-0.3, -0.25) is 14.2 Å². The van der Waals surface area contributed by atoms with E-state index in [1.165, 1.54) is 21.0 Å². The van der Waals surface area contributed by atoms with Crippen molar-refractivity contribution < 1.29 is 19.4 Å². The number of ketones is 1. The number of carbonyl (C=O) groups excluding carboxylic acids is 1. The fourth-order valence-corrected chi connectivity index (χ4v) is 2.80. The van der Waals surface area contributed by atoms with Crippen molar-refractivity contribution in [2.45, 2.75) is 26.5 Å². The molecule has 1 heterocycles. The number of halogens is 1. The van der Waals surface area contributed by atoms with Crippen LogP contribution in [0.25, 0.3) is 0 Å². The highest BCUT2D eigenvalue weighted by Crippen LogP contribution is 2.27. The summed E-state index contributed by atoms with van der Waals surface area (Å²) < 4.78 is 11.5. The summed E-state index contributed by atoms with van der Waals surface area (Å²) in [5.41, 5.74) is -0.923. The van der Waals surface area contributed by atoms with Crippen LogP contribution < -0.4 is 10.3 Å². The average molecular weight is 391 g/mol. The molecule has 2 rings (SSSR count). The van der Waals surface area contributed by atoms with Gasteiger partial charge >= 0.3 is 0 Å². The lowest BCUT2D eigenvalue weighted by atomic mass is 9.99. The van der Waals surface area contributed by atoms with E-state index in [1.807, 2.05) is 0 Å². The molecular formula is C19H19ClN2O5. The summed E-state index contributed by atoms with van der Waals surface area (Å²) in [5, 5.41) is 20.2. The first-order valence-corrected chi connectivity index (χ1v) is 8.52. The van der Waals surface area contributed by atoms with Crippen molar-refractivity contribution in [1.82, 2.24) is 4.57 Å². The van der Waals surface area contributed by atoms with Gasteiger partial charge < -0.3 is 14.6 Å². The first-order valence-electron chi connectivity index (χ1n) is 8.14. The fraction of sp³-hybridized carbons (Fsp3) is 0.316. The Hall–Kier alpha value is -2.82. The first kappa shape index (κ1) is 20.5. The number of hydrogen-bond donors (Lipinski definition) is 1. The van der Waals surface area contributed by atoms with E-state index in [4.69, 9.17) is 21.1 Å². The minimum absolute atomic E-state index is 0.00381. The number of hydrogen-bond acceptors (Lipinski definition) is 6. The second-order valence-electron chi connectivity index (χ2n) is 5.81. The Morgan fingerprint density at radius 3 is 2.67 bits per heavy atom. The highest BCUT2D eigenvalue weighted by atomic mass is 35.5. The van der Waals surface area contributed by atoms with Gasteiger partial charge in [-0.25, -0.2) is 0 Å². The SMILES string of the molecule is COCCn1c(O)c(C(=O)C(C)Oc2ccccc2Cl)c(C)c(C#N)c1=O. The predicted molar refractivity (Wildman–Crippen MR) is 99.6 cm³/mol. The lowest BCUT2D eigenvalue weighted by Gasteiger charge is -2.19. The minimum Gasteiger partial charge on any atom is -0.494 e. The molecule has 0 spiro atoms. The summed E-state index contributed by atoms with van der Waals surface area (Å²) in [5.74, 6) is -0.786. The lowest BCUT2D eigenvalue weighted by Crippen LogP contribution is -2.31. The van der Waals surface area contributed by atoms with Gasteiger partial charge in [-0.1, -0.05) is 23.7 Å². The third-order valence-corrected chi connectivity index (χ3v) is 4.39. The molecular weight excluding hydrogens is 372 g/mol. The van der Waals surface area contributed by atoms with Crippen LogP contribution >= 0.6 is 11.6 Å². The summed E-state index contributed by atoms with van der Waals surface area (Å²) >= 11 is 6.04. The molecule has 8 heteroatoms. The highest BCUT2D eigenvalue weighted by molar-refractivity contribution is 6.32. The van der Waals surface area contributed by atoms with Gasteiger partial charge in [0.2, 0.25) is 11.7 Å². The zero-order valence-electron chi connectivity index (χ0n) is 15.2. The fourth-order valence-electron chi connectivity index (χ4n) is 2.62. The zero-order valence-corrected chi connectivity index (χ0v) is 15.9. The number of methoxy groups -OCH3 is 1. The number of carbonyl (C=O) groups is 1. The number of nitrogens with zero attached hydrogens (tertiary/aromatic N) is 2. The van der Waals surface area contributed by atoms with Crippen LogP contribution in [0.5, 0.6) is 11.6 Å². The Morgan fingerprint density at radius 2 is 2.07 bits per heavy atom. The van der Waals surface area contributed by atoms with Gasteiger partial charge in [0.1, 0.15) is 17.4 Å². The molecule has 0 saturated carbocycles. The molecule has 142 valence electrons. The van der Waals surface area contributed by atoms with Crippen LogP contribution in [0.2, 0.25) is 5.02 Å². The molecule has 1 N–H and O–H groups in total. The molecule has 1 aromatic carbocycles. The van der Waals surface area contributed by atoms with E-state index in [1.54, 1.807) is 30.3 Å². The molecule has 0 saturated heterocycles. The summed E-state index contributed by atoms with van der Waals surface area (Å²) in [6, 6.07) is 8.46. The topological polar surface area (TPSA) is 102 Å². The molecule has 0 aliphatic heterocycles. The van der Waals surface area contributed by atoms with Gasteiger partial charge in [0, 0.05) is 7.11 Å². The number of aromatic hydroxyl groups is 1. The van der Waals surface area contributed by atoms with Gasteiger partial charge in [0.25, 0.3) is 5.56 Å². The van der Waals surface area contributed by atoms with Crippen molar-refractivity contribution in [3.63, 3.8) is 0 Å². The van der Waals surface area contributed by atoms with Gasteiger partial charge in [-0.15, -0.1) is 0 Å². The Morgan fingerprint density at radius 1 is 1.41 bits per heavy atom. The number of ether oxygens (including phenoxy) is 2. The van der Waals surface area contributed by atoms with Crippen LogP contribution in [-0.4, -0.2) is 35.3 Å². The van der Waals surface area contributed by atoms with Crippen LogP contribution in [0.15, 0.2) is 29.1 Å². The molecule has 0 radical (unpaired) electrons. The van der Waals surface area contributed by atoms with E-state index < -0.39 is 23.3 Å². The van der Waals surface area contributed by atoms with Crippen molar-refractivity contribution in [2.75, 3.05) is 13.7 Å². The molecule has 2 aromatic rings. The van der Waals surface area contributed by atoms with E-state index in [0.717, 1.165) is 4.57 Å². The maximum atomic E-state index is 12.9. The van der Waals surface area contributed by atoms with Crippen LogP contribution in [0.4, 0.5) is 0 Å². The Kier molecular flexibility index (Phi) is 6.61. The number of para-hydroxylation sites is 1. The van der Waals surface area contributed by atoms with Crippen molar-refractivity contribution in [3.05, 3.63) is 56.3 Å². The number of benzene rings is 1. The van der Waals surface area contributed by atoms with Crippen LogP contribution in [0.1, 0.15) is 28.4 Å². The minimum atomic E-state index is -1.01. The van der Waals surface area contributed by atoms with E-state index in [0.29, 0.717) is 10.8 Å². The van der Waals surface area contributed by atoms with Crippen molar-refractivity contribution in [3.8, 4) is 17.7 Å². The van der Waals surface area contributed by atoms with Crippen molar-refractivity contribution in [1.29, 1.82) is 5.26 Å². The van der Waals surface area contributed by atoms with Gasteiger partial charge in [-0.2, -0.15) is 5.26 Å². The van der Waals surface area contributed by atoms with E-state index in [-0.39, 0.29) is 29.8 Å². The molecule has 0 fully saturated rings. The predicted octanol–water partition coefficient (Wildman–Crippen LogP) is 2.68. The van der Waals surface area contributed by atoms with Crippen LogP contribution in [0, 0.1) is 18.3 Å². The maximum absolute atomic E-state index is 12.9. The Bertz CT molecular complexity index is 962. The molecule has 0 aliphatic rings. The van der Waals surface area contributed by atoms with Crippen LogP contribution in [-0.2, 0) is 11.3 Å². The molecule has 0 aliphatic carbocycles. The molecule has 7 nitrogen and oxygen atoms in total. The monoisotopic (exact) mass is 390 g/mol. The third-order valence-electron chi connectivity index (χ3n) is 4.08. The summed E-state index contributed by atoms with van der Waals surface area (Å²) in [7, 11) is 1.44. The number of Topliss-reactive ketones (excluding diaryl/α,β-unsaturated/α-hetero) is 1. The normalized spacial score (nSPS) is 11.7. The second-order valence-corrected chi connectivity index (χ2v) is 6.22. The molecule has 0 amide bonds. The average Bonchev–Trinajstić information content (AvgIpc) is 2.63. The molecule has 1 atom stereocenters. The summed E-state index contributed by atoms with van der Waals surface area (Å²) in [6.45, 7) is 3.06. The quantitative estimate of drug-likeness (QED) is 0.729. The van der Waals surface area contributed by atoms with E-state index in [2.05, 4.69) is 0 Å².